The monoisotopic (exact) mass is 347 g/mol. The van der Waals surface area contributed by atoms with Crippen LogP contribution in [-0.4, -0.2) is 9.97 Å². The third-order valence-corrected chi connectivity index (χ3v) is 1.79. The molecule has 0 fully saturated rings. The number of hydrogen-bond acceptors (Lipinski definition) is 3. The van der Waals surface area contributed by atoms with Gasteiger partial charge in [-0.15, -0.1) is 0 Å². The molecule has 0 bridgehead atoms. The summed E-state index contributed by atoms with van der Waals surface area (Å²) >= 11 is 4.19. The highest BCUT2D eigenvalue weighted by Gasteiger charge is 1.93. The molecule has 0 saturated carbocycles. The van der Waals surface area contributed by atoms with E-state index in [1.807, 2.05) is 6.07 Å². The Hall–Kier alpha value is 0.340. The van der Waals surface area contributed by atoms with Gasteiger partial charge in [0.25, 0.3) is 0 Å². The van der Waals surface area contributed by atoms with Crippen molar-refractivity contribution in [3.63, 3.8) is 0 Å². The van der Waals surface area contributed by atoms with Gasteiger partial charge >= 0.3 is 0 Å². The van der Waals surface area contributed by atoms with Crippen molar-refractivity contribution in [3.8, 4) is 0 Å². The maximum atomic E-state index is 5.33. The van der Waals surface area contributed by atoms with Crippen LogP contribution >= 0.6 is 45.2 Å². The molecule has 0 aliphatic rings. The number of nitrogens with zero attached hydrogens (tertiary/aromatic N) is 2. The summed E-state index contributed by atoms with van der Waals surface area (Å²) in [6.45, 7) is 0. The normalized spacial score (nSPS) is 9.56. The van der Waals surface area contributed by atoms with Gasteiger partial charge in [-0.2, -0.15) is 0 Å². The minimum atomic E-state index is 0.339. The average Bonchev–Trinajstić information content (AvgIpc) is 1.59. The Labute approximate surface area is 79.7 Å². The molecule has 0 saturated heterocycles. The summed E-state index contributed by atoms with van der Waals surface area (Å²) in [6, 6.07) is 1.86. The van der Waals surface area contributed by atoms with Crippen LogP contribution in [0, 0.1) is 7.40 Å². The fourth-order valence-corrected chi connectivity index (χ4v) is 2.09. The maximum absolute atomic E-state index is 5.33. The van der Waals surface area contributed by atoms with Crippen molar-refractivity contribution in [2.24, 2.45) is 0 Å². The lowest BCUT2D eigenvalue weighted by Crippen LogP contribution is -1.97. The second kappa shape index (κ2) is 2.95. The summed E-state index contributed by atoms with van der Waals surface area (Å²) in [5, 5.41) is 0. The molecule has 0 radical (unpaired) electrons. The fraction of sp³-hybridized carbons (Fsp3) is 0. The Balaban J connectivity index is 3.17. The molecule has 0 aromatic carbocycles. The number of nitrogen functional groups attached to an aromatic ring is 1. The SMILES string of the molecule is Nc1nc(I)cc(I)n1. The van der Waals surface area contributed by atoms with Crippen LogP contribution in [0.2, 0.25) is 0 Å². The van der Waals surface area contributed by atoms with Gasteiger partial charge in [0, 0.05) is 6.07 Å². The van der Waals surface area contributed by atoms with E-state index >= 15 is 0 Å². The van der Waals surface area contributed by atoms with Crippen molar-refractivity contribution < 1.29 is 0 Å². The van der Waals surface area contributed by atoms with E-state index in [9.17, 15) is 0 Å². The molecule has 5 heteroatoms. The number of anilines is 1. The van der Waals surface area contributed by atoms with Gasteiger partial charge in [-0.1, -0.05) is 0 Å². The topological polar surface area (TPSA) is 51.8 Å². The Morgan fingerprint density at radius 2 is 1.67 bits per heavy atom. The molecule has 9 heavy (non-hydrogen) atoms. The Morgan fingerprint density at radius 1 is 1.22 bits per heavy atom. The van der Waals surface area contributed by atoms with E-state index in [0.717, 1.165) is 7.40 Å². The maximum Gasteiger partial charge on any atom is 0.222 e. The van der Waals surface area contributed by atoms with Crippen LogP contribution in [-0.2, 0) is 0 Å². The molecule has 0 aliphatic carbocycles. The molecule has 3 nitrogen and oxygen atoms in total. The van der Waals surface area contributed by atoms with Crippen molar-refractivity contribution >= 4 is 51.1 Å². The molecule has 1 heterocycles. The molecular formula is C4H3I2N3. The highest BCUT2D eigenvalue weighted by atomic mass is 127. The van der Waals surface area contributed by atoms with Gasteiger partial charge < -0.3 is 5.73 Å². The van der Waals surface area contributed by atoms with Gasteiger partial charge in [0.2, 0.25) is 5.95 Å². The van der Waals surface area contributed by atoms with Crippen molar-refractivity contribution in [1.82, 2.24) is 9.97 Å². The molecule has 1 aromatic rings. The summed E-state index contributed by atoms with van der Waals surface area (Å²) in [6.07, 6.45) is 0. The van der Waals surface area contributed by atoms with Crippen molar-refractivity contribution in [3.05, 3.63) is 13.5 Å². The van der Waals surface area contributed by atoms with E-state index in [2.05, 4.69) is 55.1 Å². The molecule has 1 aromatic heterocycles. The number of aromatic nitrogens is 2. The van der Waals surface area contributed by atoms with Gasteiger partial charge in [0.05, 0.1) is 0 Å². The molecule has 0 unspecified atom stereocenters. The van der Waals surface area contributed by atoms with Gasteiger partial charge in [0.15, 0.2) is 0 Å². The standard InChI is InChI=1S/C4H3I2N3/c5-2-1-3(6)9-4(7)8-2/h1H,(H2,7,8,9). The lowest BCUT2D eigenvalue weighted by molar-refractivity contribution is 1.13. The van der Waals surface area contributed by atoms with E-state index in [0.29, 0.717) is 5.95 Å². The number of rotatable bonds is 0. The first kappa shape index (κ1) is 7.45. The van der Waals surface area contributed by atoms with Crippen LogP contribution in [0.25, 0.3) is 0 Å². The smallest absolute Gasteiger partial charge is 0.222 e. The molecule has 0 amide bonds. The van der Waals surface area contributed by atoms with E-state index in [4.69, 9.17) is 5.73 Å². The highest BCUT2D eigenvalue weighted by molar-refractivity contribution is 14.1. The first-order valence-corrected chi connectivity index (χ1v) is 4.30. The van der Waals surface area contributed by atoms with E-state index in [1.165, 1.54) is 0 Å². The molecule has 0 aliphatic heterocycles. The fourth-order valence-electron chi connectivity index (χ4n) is 0.407. The van der Waals surface area contributed by atoms with E-state index < -0.39 is 0 Å². The summed E-state index contributed by atoms with van der Waals surface area (Å²) in [4.78, 5) is 7.77. The number of hydrogen-bond donors (Lipinski definition) is 1. The quantitative estimate of drug-likeness (QED) is 0.568. The number of halogens is 2. The van der Waals surface area contributed by atoms with Crippen LogP contribution in [0.1, 0.15) is 0 Å². The van der Waals surface area contributed by atoms with Crippen molar-refractivity contribution in [2.75, 3.05) is 5.73 Å². The van der Waals surface area contributed by atoms with Crippen LogP contribution in [0.5, 0.6) is 0 Å². The predicted octanol–water partition coefficient (Wildman–Crippen LogP) is 1.27. The lowest BCUT2D eigenvalue weighted by Gasteiger charge is -1.92. The molecule has 48 valence electrons. The average molecular weight is 347 g/mol. The molecule has 0 spiro atoms. The predicted molar refractivity (Wildman–Crippen MR) is 51.9 cm³/mol. The minimum absolute atomic E-state index is 0.339. The van der Waals surface area contributed by atoms with E-state index in [1.54, 1.807) is 0 Å². The second-order valence-corrected chi connectivity index (χ2v) is 3.58. The van der Waals surface area contributed by atoms with Crippen LogP contribution in [0.4, 0.5) is 5.95 Å². The third-order valence-electron chi connectivity index (χ3n) is 0.681. The zero-order valence-corrected chi connectivity index (χ0v) is 8.62. The van der Waals surface area contributed by atoms with Crippen LogP contribution < -0.4 is 5.73 Å². The molecule has 1 rings (SSSR count). The molecule has 0 atom stereocenters. The van der Waals surface area contributed by atoms with Gasteiger partial charge in [-0.05, 0) is 45.2 Å². The summed E-state index contributed by atoms with van der Waals surface area (Å²) in [7, 11) is 0. The van der Waals surface area contributed by atoms with Gasteiger partial charge in [0.1, 0.15) is 7.40 Å². The third kappa shape index (κ3) is 2.20. The van der Waals surface area contributed by atoms with Gasteiger partial charge in [-0.25, -0.2) is 9.97 Å². The second-order valence-electron chi connectivity index (χ2n) is 1.37. The largest absolute Gasteiger partial charge is 0.368 e. The van der Waals surface area contributed by atoms with Crippen molar-refractivity contribution in [1.29, 1.82) is 0 Å². The van der Waals surface area contributed by atoms with Crippen LogP contribution in [0.15, 0.2) is 6.07 Å². The van der Waals surface area contributed by atoms with Gasteiger partial charge in [-0.3, -0.25) is 0 Å². The Morgan fingerprint density at radius 3 is 2.00 bits per heavy atom. The Bertz CT molecular complexity index is 175. The first-order chi connectivity index (χ1) is 4.18. The number of nitrogens with two attached hydrogens (primary N) is 1. The molecular weight excluding hydrogens is 344 g/mol. The van der Waals surface area contributed by atoms with Crippen LogP contribution in [0.3, 0.4) is 0 Å². The lowest BCUT2D eigenvalue weighted by atomic mass is 10.7. The zero-order chi connectivity index (χ0) is 6.85. The highest BCUT2D eigenvalue weighted by Crippen LogP contribution is 2.06. The Kier molecular flexibility index (Phi) is 2.44. The first-order valence-electron chi connectivity index (χ1n) is 2.14. The molecule has 2 N–H and O–H groups in total. The summed E-state index contributed by atoms with van der Waals surface area (Å²) in [5.41, 5.74) is 5.33. The summed E-state index contributed by atoms with van der Waals surface area (Å²) in [5.74, 6) is 0.339. The minimum Gasteiger partial charge on any atom is -0.368 e. The van der Waals surface area contributed by atoms with E-state index in [-0.39, 0.29) is 0 Å². The summed E-state index contributed by atoms with van der Waals surface area (Å²) < 4.78 is 1.76. The van der Waals surface area contributed by atoms with Crippen molar-refractivity contribution in [2.45, 2.75) is 0 Å². The zero-order valence-electron chi connectivity index (χ0n) is 4.31.